The lowest BCUT2D eigenvalue weighted by Crippen LogP contribution is -2.37. The number of hydrogen-bond acceptors (Lipinski definition) is 3. The van der Waals surface area contributed by atoms with Crippen LogP contribution in [0.1, 0.15) is 23.7 Å². The first kappa shape index (κ1) is 14.3. The number of halogens is 3. The highest BCUT2D eigenvalue weighted by Crippen LogP contribution is 2.25. The molecule has 7 heteroatoms. The smallest absolute Gasteiger partial charge is 0.254 e. The van der Waals surface area contributed by atoms with E-state index in [1.807, 2.05) is 0 Å². The summed E-state index contributed by atoms with van der Waals surface area (Å²) in [5.41, 5.74) is -0.821. The molecule has 1 amide bonds. The maximum Gasteiger partial charge on any atom is 0.254 e. The second-order valence-corrected chi connectivity index (χ2v) is 3.64. The van der Waals surface area contributed by atoms with Crippen LogP contribution >= 0.6 is 0 Å². The number of amides is 1. The maximum absolute atomic E-state index is 13.4. The molecule has 1 aromatic rings. The quantitative estimate of drug-likeness (QED) is 0.717. The van der Waals surface area contributed by atoms with Crippen molar-refractivity contribution in [1.29, 1.82) is 0 Å². The second kappa shape index (κ2) is 5.72. The SMILES string of the molecule is CC[C@@H](CO)NC(=O)c1cc(F)c(F)c(O)c1F. The topological polar surface area (TPSA) is 69.6 Å². The summed E-state index contributed by atoms with van der Waals surface area (Å²) < 4.78 is 39.1. The van der Waals surface area contributed by atoms with E-state index in [4.69, 9.17) is 10.2 Å². The summed E-state index contributed by atoms with van der Waals surface area (Å²) in [6, 6.07) is -0.281. The van der Waals surface area contributed by atoms with Gasteiger partial charge in [0.2, 0.25) is 5.82 Å². The van der Waals surface area contributed by atoms with Crippen LogP contribution in [0.25, 0.3) is 0 Å². The van der Waals surface area contributed by atoms with Crippen molar-refractivity contribution in [3.05, 3.63) is 29.1 Å². The Balaban J connectivity index is 3.07. The van der Waals surface area contributed by atoms with Gasteiger partial charge < -0.3 is 15.5 Å². The van der Waals surface area contributed by atoms with E-state index in [-0.39, 0.29) is 6.61 Å². The van der Waals surface area contributed by atoms with Gasteiger partial charge in [-0.05, 0) is 12.5 Å². The van der Waals surface area contributed by atoms with Crippen LogP contribution in [-0.2, 0) is 0 Å². The number of phenolic OH excluding ortho intramolecular Hbond substituents is 1. The van der Waals surface area contributed by atoms with Crippen LogP contribution in [0.3, 0.4) is 0 Å². The van der Waals surface area contributed by atoms with Gasteiger partial charge in [0, 0.05) is 0 Å². The van der Waals surface area contributed by atoms with Gasteiger partial charge in [0.15, 0.2) is 17.4 Å². The van der Waals surface area contributed by atoms with Gasteiger partial charge in [-0.2, -0.15) is 4.39 Å². The Morgan fingerprint density at radius 2 is 2.00 bits per heavy atom. The van der Waals surface area contributed by atoms with E-state index in [9.17, 15) is 18.0 Å². The minimum Gasteiger partial charge on any atom is -0.503 e. The second-order valence-electron chi connectivity index (χ2n) is 3.64. The van der Waals surface area contributed by atoms with Gasteiger partial charge in [-0.25, -0.2) is 8.78 Å². The third kappa shape index (κ3) is 2.73. The standard InChI is InChI=1S/C11H12F3NO3/c1-2-5(4-16)15-11(18)6-3-7(12)9(14)10(17)8(6)13/h3,5,16-17H,2,4H2,1H3,(H,15,18)/t5-/m0/s1. The van der Waals surface area contributed by atoms with Crippen molar-refractivity contribution >= 4 is 5.91 Å². The number of carbonyl (C=O) groups excluding carboxylic acids is 1. The molecule has 0 saturated heterocycles. The van der Waals surface area contributed by atoms with Crippen LogP contribution in [-0.4, -0.2) is 28.8 Å². The predicted octanol–water partition coefficient (Wildman–Crippen LogP) is 1.31. The number of phenols is 1. The van der Waals surface area contributed by atoms with E-state index in [0.29, 0.717) is 12.5 Å². The Labute approximate surface area is 101 Å². The van der Waals surface area contributed by atoms with Crippen LogP contribution in [0.4, 0.5) is 13.2 Å². The van der Waals surface area contributed by atoms with E-state index in [0.717, 1.165) is 0 Å². The summed E-state index contributed by atoms with van der Waals surface area (Å²) in [6.07, 6.45) is 0.375. The fourth-order valence-corrected chi connectivity index (χ4v) is 1.30. The monoisotopic (exact) mass is 263 g/mol. The highest BCUT2D eigenvalue weighted by Gasteiger charge is 2.23. The molecule has 4 nitrogen and oxygen atoms in total. The first-order valence-electron chi connectivity index (χ1n) is 5.20. The van der Waals surface area contributed by atoms with Gasteiger partial charge in [0.05, 0.1) is 18.2 Å². The van der Waals surface area contributed by atoms with Gasteiger partial charge in [0.25, 0.3) is 5.91 Å². The highest BCUT2D eigenvalue weighted by atomic mass is 19.2. The molecule has 1 rings (SSSR count). The lowest BCUT2D eigenvalue weighted by Gasteiger charge is -2.14. The number of rotatable bonds is 4. The Kier molecular flexibility index (Phi) is 4.55. The summed E-state index contributed by atoms with van der Waals surface area (Å²) in [5, 5.41) is 20.0. The average Bonchev–Trinajstić information content (AvgIpc) is 2.37. The zero-order valence-corrected chi connectivity index (χ0v) is 9.51. The summed E-state index contributed by atoms with van der Waals surface area (Å²) >= 11 is 0. The number of aromatic hydroxyl groups is 1. The summed E-state index contributed by atoms with van der Waals surface area (Å²) in [6.45, 7) is 1.29. The molecule has 0 saturated carbocycles. The zero-order valence-electron chi connectivity index (χ0n) is 9.51. The van der Waals surface area contributed by atoms with Crippen molar-refractivity contribution < 1.29 is 28.2 Å². The molecule has 3 N–H and O–H groups in total. The Hall–Kier alpha value is -1.76. The third-order valence-electron chi connectivity index (χ3n) is 2.43. The van der Waals surface area contributed by atoms with Crippen LogP contribution < -0.4 is 5.32 Å². The van der Waals surface area contributed by atoms with Crippen LogP contribution in [0.15, 0.2) is 6.07 Å². The van der Waals surface area contributed by atoms with E-state index < -0.39 is 40.7 Å². The molecular formula is C11H12F3NO3. The molecule has 0 fully saturated rings. The minimum absolute atomic E-state index is 0.351. The van der Waals surface area contributed by atoms with Crippen molar-refractivity contribution in [2.24, 2.45) is 0 Å². The molecule has 0 aliphatic carbocycles. The van der Waals surface area contributed by atoms with Crippen LogP contribution in [0, 0.1) is 17.5 Å². The molecule has 1 aromatic carbocycles. The molecule has 0 radical (unpaired) electrons. The van der Waals surface area contributed by atoms with E-state index in [2.05, 4.69) is 5.32 Å². The molecule has 0 bridgehead atoms. The molecule has 0 aromatic heterocycles. The summed E-state index contributed by atoms with van der Waals surface area (Å²) in [7, 11) is 0. The normalized spacial score (nSPS) is 12.3. The van der Waals surface area contributed by atoms with E-state index >= 15 is 0 Å². The summed E-state index contributed by atoms with van der Waals surface area (Å²) in [4.78, 5) is 11.5. The van der Waals surface area contributed by atoms with Gasteiger partial charge in [0.1, 0.15) is 0 Å². The molecule has 0 unspecified atom stereocenters. The molecule has 100 valence electrons. The van der Waals surface area contributed by atoms with Crippen molar-refractivity contribution in [1.82, 2.24) is 5.32 Å². The van der Waals surface area contributed by atoms with Crippen molar-refractivity contribution in [3.8, 4) is 5.75 Å². The Morgan fingerprint density at radius 3 is 2.50 bits per heavy atom. The molecule has 1 atom stereocenters. The Bertz CT molecular complexity index is 461. The molecule has 0 aliphatic rings. The van der Waals surface area contributed by atoms with Crippen LogP contribution in [0.2, 0.25) is 0 Å². The lowest BCUT2D eigenvalue weighted by atomic mass is 10.1. The van der Waals surface area contributed by atoms with Gasteiger partial charge >= 0.3 is 0 Å². The van der Waals surface area contributed by atoms with Gasteiger partial charge in [-0.15, -0.1) is 0 Å². The van der Waals surface area contributed by atoms with Crippen molar-refractivity contribution in [2.75, 3.05) is 6.61 Å². The third-order valence-corrected chi connectivity index (χ3v) is 2.43. The number of carbonyl (C=O) groups is 1. The van der Waals surface area contributed by atoms with E-state index in [1.165, 1.54) is 0 Å². The fourth-order valence-electron chi connectivity index (χ4n) is 1.30. The number of aliphatic hydroxyl groups is 1. The minimum atomic E-state index is -1.75. The first-order valence-corrected chi connectivity index (χ1v) is 5.20. The molecule has 0 aliphatic heterocycles. The number of benzene rings is 1. The Morgan fingerprint density at radius 1 is 1.39 bits per heavy atom. The van der Waals surface area contributed by atoms with E-state index in [1.54, 1.807) is 6.92 Å². The molecular weight excluding hydrogens is 251 g/mol. The molecule has 18 heavy (non-hydrogen) atoms. The maximum atomic E-state index is 13.4. The highest BCUT2D eigenvalue weighted by molar-refractivity contribution is 5.95. The first-order chi connectivity index (χ1) is 8.42. The molecule has 0 spiro atoms. The summed E-state index contributed by atoms with van der Waals surface area (Å²) in [5.74, 6) is -7.41. The number of nitrogens with one attached hydrogen (secondary N) is 1. The van der Waals surface area contributed by atoms with Crippen molar-refractivity contribution in [3.63, 3.8) is 0 Å². The molecule has 0 heterocycles. The van der Waals surface area contributed by atoms with Gasteiger partial charge in [-0.1, -0.05) is 6.92 Å². The van der Waals surface area contributed by atoms with Crippen molar-refractivity contribution in [2.45, 2.75) is 19.4 Å². The van der Waals surface area contributed by atoms with Gasteiger partial charge in [-0.3, -0.25) is 4.79 Å². The number of hydrogen-bond donors (Lipinski definition) is 3. The lowest BCUT2D eigenvalue weighted by molar-refractivity contribution is 0.0909. The number of aliphatic hydroxyl groups excluding tert-OH is 1. The zero-order chi connectivity index (χ0) is 13.9. The average molecular weight is 263 g/mol. The predicted molar refractivity (Wildman–Crippen MR) is 56.6 cm³/mol. The van der Waals surface area contributed by atoms with Crippen LogP contribution in [0.5, 0.6) is 5.75 Å². The largest absolute Gasteiger partial charge is 0.503 e. The fraction of sp³-hybridized carbons (Fsp3) is 0.364.